The molecule has 8 heteroatoms. The van der Waals surface area contributed by atoms with Gasteiger partial charge in [-0.05, 0) is 117 Å². The Hall–Kier alpha value is -2.87. The predicted molar refractivity (Wildman–Crippen MR) is 172 cm³/mol. The molecular formula is C35H49N3O4S. The molecule has 0 aromatic heterocycles. The third-order valence-corrected chi connectivity index (χ3v) is 11.6. The van der Waals surface area contributed by atoms with Crippen LogP contribution in [0.2, 0.25) is 0 Å². The number of rotatable bonds is 12. The SMILES string of the molecule is CC[C@H](C(=O)N[C@@H](C)CC)N(Cc1ccccc1C)C(=O)CN(c1ccc(C23CC4CC(CC(C4)C2)C3)cc1)S(C)(=O)=O. The second-order valence-corrected chi connectivity index (χ2v) is 15.6. The summed E-state index contributed by atoms with van der Waals surface area (Å²) in [6, 6.07) is 15.0. The summed E-state index contributed by atoms with van der Waals surface area (Å²) >= 11 is 0. The van der Waals surface area contributed by atoms with E-state index in [0.717, 1.165) is 41.6 Å². The van der Waals surface area contributed by atoms with Crippen molar-refractivity contribution in [2.75, 3.05) is 17.1 Å². The van der Waals surface area contributed by atoms with Gasteiger partial charge in [-0.3, -0.25) is 13.9 Å². The van der Waals surface area contributed by atoms with E-state index < -0.39 is 22.0 Å². The van der Waals surface area contributed by atoms with Crippen LogP contribution in [0.25, 0.3) is 0 Å². The largest absolute Gasteiger partial charge is 0.352 e. The van der Waals surface area contributed by atoms with E-state index in [9.17, 15) is 18.0 Å². The van der Waals surface area contributed by atoms with Gasteiger partial charge >= 0.3 is 0 Å². The Morgan fingerprint density at radius 3 is 2.02 bits per heavy atom. The zero-order valence-electron chi connectivity index (χ0n) is 26.5. The zero-order valence-corrected chi connectivity index (χ0v) is 27.3. The maximum atomic E-state index is 14.1. The van der Waals surface area contributed by atoms with Crippen molar-refractivity contribution in [2.24, 2.45) is 17.8 Å². The molecule has 2 aromatic carbocycles. The number of nitrogens with one attached hydrogen (secondary N) is 1. The summed E-state index contributed by atoms with van der Waals surface area (Å²) in [5, 5.41) is 3.03. The van der Waals surface area contributed by atoms with Gasteiger partial charge in [-0.15, -0.1) is 0 Å². The molecule has 4 aliphatic carbocycles. The highest BCUT2D eigenvalue weighted by atomic mass is 32.2. The zero-order chi connectivity index (χ0) is 30.9. The fourth-order valence-electron chi connectivity index (χ4n) is 8.39. The topological polar surface area (TPSA) is 86.8 Å². The summed E-state index contributed by atoms with van der Waals surface area (Å²) in [7, 11) is -3.78. The first-order valence-electron chi connectivity index (χ1n) is 16.1. The van der Waals surface area contributed by atoms with Gasteiger partial charge in [0.2, 0.25) is 21.8 Å². The summed E-state index contributed by atoms with van der Waals surface area (Å²) in [4.78, 5) is 29.0. The fourth-order valence-corrected chi connectivity index (χ4v) is 9.24. The van der Waals surface area contributed by atoms with Gasteiger partial charge in [0.05, 0.1) is 11.9 Å². The van der Waals surface area contributed by atoms with Crippen LogP contribution in [0.15, 0.2) is 48.5 Å². The summed E-state index contributed by atoms with van der Waals surface area (Å²) < 4.78 is 27.5. The second kappa shape index (κ2) is 12.6. The van der Waals surface area contributed by atoms with Crippen LogP contribution in [0.3, 0.4) is 0 Å². The lowest BCUT2D eigenvalue weighted by Gasteiger charge is -2.57. The molecule has 2 aromatic rings. The van der Waals surface area contributed by atoms with Crippen LogP contribution in [-0.4, -0.2) is 50.0 Å². The number of sulfonamides is 1. The minimum Gasteiger partial charge on any atom is -0.352 e. The van der Waals surface area contributed by atoms with Crippen molar-refractivity contribution in [2.45, 2.75) is 103 Å². The van der Waals surface area contributed by atoms with E-state index in [1.54, 1.807) is 4.90 Å². The van der Waals surface area contributed by atoms with E-state index >= 15 is 0 Å². The Kier molecular flexibility index (Phi) is 9.26. The second-order valence-electron chi connectivity index (χ2n) is 13.7. The summed E-state index contributed by atoms with van der Waals surface area (Å²) in [6.45, 7) is 7.66. The van der Waals surface area contributed by atoms with E-state index in [0.29, 0.717) is 12.1 Å². The van der Waals surface area contributed by atoms with Crippen molar-refractivity contribution < 1.29 is 18.0 Å². The van der Waals surface area contributed by atoms with Gasteiger partial charge in [0.25, 0.3) is 0 Å². The Morgan fingerprint density at radius 1 is 0.930 bits per heavy atom. The van der Waals surface area contributed by atoms with Crippen LogP contribution in [0.4, 0.5) is 5.69 Å². The number of carbonyl (C=O) groups excluding carboxylic acids is 2. The van der Waals surface area contributed by atoms with Gasteiger partial charge in [0.1, 0.15) is 12.6 Å². The molecular weight excluding hydrogens is 558 g/mol. The number of carbonyl (C=O) groups is 2. The maximum absolute atomic E-state index is 14.1. The predicted octanol–water partition coefficient (Wildman–Crippen LogP) is 5.95. The number of amides is 2. The van der Waals surface area contributed by atoms with Gasteiger partial charge in [0, 0.05) is 12.6 Å². The smallest absolute Gasteiger partial charge is 0.244 e. The van der Waals surface area contributed by atoms with Crippen molar-refractivity contribution in [3.63, 3.8) is 0 Å². The number of hydrogen-bond donors (Lipinski definition) is 1. The normalized spacial score (nSPS) is 25.7. The molecule has 4 saturated carbocycles. The van der Waals surface area contributed by atoms with Crippen molar-refractivity contribution in [3.8, 4) is 0 Å². The average molecular weight is 608 g/mol. The molecule has 0 spiro atoms. The van der Waals surface area contributed by atoms with E-state index in [1.807, 2.05) is 64.1 Å². The lowest BCUT2D eigenvalue weighted by molar-refractivity contribution is -0.140. The Labute approximate surface area is 258 Å². The fraction of sp³-hybridized carbons (Fsp3) is 0.600. The molecule has 234 valence electrons. The molecule has 2 amide bonds. The molecule has 43 heavy (non-hydrogen) atoms. The molecule has 7 nitrogen and oxygen atoms in total. The summed E-state index contributed by atoms with van der Waals surface area (Å²) in [6.07, 6.45) is 10.1. The minimum absolute atomic E-state index is 0.0306. The monoisotopic (exact) mass is 607 g/mol. The molecule has 0 unspecified atom stereocenters. The molecule has 0 aliphatic heterocycles. The standard InChI is InChI=1S/C35H49N3O4S/c1-6-25(4)36-34(40)32(7-2)37(22-29-11-9-8-10-24(29)3)33(39)23-38(43(5,41)42)31-14-12-30(13-15-31)35-19-26-16-27(20-35)18-28(17-26)21-35/h8-15,25-28,32H,6-7,16-23H2,1-5H3,(H,36,40)/t25-,26?,27?,28?,32+,35?/m0/s1. The first-order valence-corrected chi connectivity index (χ1v) is 18.0. The molecule has 0 radical (unpaired) electrons. The third kappa shape index (κ3) is 6.79. The van der Waals surface area contributed by atoms with Gasteiger partial charge in [0.15, 0.2) is 0 Å². The van der Waals surface area contributed by atoms with Crippen molar-refractivity contribution in [3.05, 3.63) is 65.2 Å². The van der Waals surface area contributed by atoms with Crippen LogP contribution in [0, 0.1) is 24.7 Å². The molecule has 4 bridgehead atoms. The highest BCUT2D eigenvalue weighted by Gasteiger charge is 2.51. The molecule has 4 fully saturated rings. The maximum Gasteiger partial charge on any atom is 0.244 e. The summed E-state index contributed by atoms with van der Waals surface area (Å²) in [5.41, 5.74) is 3.94. The molecule has 0 heterocycles. The Balaban J connectivity index is 1.41. The number of aryl methyl sites for hydroxylation is 1. The summed E-state index contributed by atoms with van der Waals surface area (Å²) in [5.74, 6) is 1.84. The molecule has 4 aliphatic rings. The van der Waals surface area contributed by atoms with Gasteiger partial charge in [-0.25, -0.2) is 8.42 Å². The van der Waals surface area contributed by atoms with Gasteiger partial charge in [-0.1, -0.05) is 50.2 Å². The number of nitrogens with zero attached hydrogens (tertiary/aromatic N) is 2. The Bertz CT molecular complexity index is 1390. The third-order valence-electron chi connectivity index (χ3n) is 10.5. The van der Waals surface area contributed by atoms with Crippen LogP contribution in [-0.2, 0) is 31.6 Å². The van der Waals surface area contributed by atoms with Crippen molar-refractivity contribution >= 4 is 27.5 Å². The van der Waals surface area contributed by atoms with Crippen LogP contribution >= 0.6 is 0 Å². The highest BCUT2D eigenvalue weighted by molar-refractivity contribution is 7.92. The van der Waals surface area contributed by atoms with Crippen molar-refractivity contribution in [1.82, 2.24) is 10.2 Å². The van der Waals surface area contributed by atoms with E-state index in [-0.39, 0.29) is 30.5 Å². The van der Waals surface area contributed by atoms with Crippen LogP contribution < -0.4 is 9.62 Å². The van der Waals surface area contributed by atoms with Crippen molar-refractivity contribution in [1.29, 1.82) is 0 Å². The Morgan fingerprint density at radius 2 is 1.51 bits per heavy atom. The van der Waals surface area contributed by atoms with Crippen LogP contribution in [0.1, 0.15) is 88.8 Å². The number of benzene rings is 2. The number of hydrogen-bond acceptors (Lipinski definition) is 4. The molecule has 2 atom stereocenters. The van der Waals surface area contributed by atoms with Gasteiger partial charge in [-0.2, -0.15) is 0 Å². The first kappa shape index (κ1) is 31.6. The van der Waals surface area contributed by atoms with E-state index in [1.165, 1.54) is 48.4 Å². The average Bonchev–Trinajstić information content (AvgIpc) is 2.95. The van der Waals surface area contributed by atoms with E-state index in [2.05, 4.69) is 17.4 Å². The lowest BCUT2D eigenvalue weighted by Crippen LogP contribution is -2.53. The number of anilines is 1. The molecule has 6 rings (SSSR count). The van der Waals surface area contributed by atoms with Crippen LogP contribution in [0.5, 0.6) is 0 Å². The molecule has 0 saturated heterocycles. The first-order chi connectivity index (χ1) is 20.4. The lowest BCUT2D eigenvalue weighted by atomic mass is 9.48. The minimum atomic E-state index is -3.78. The quantitative estimate of drug-likeness (QED) is 0.323. The van der Waals surface area contributed by atoms with Gasteiger partial charge < -0.3 is 10.2 Å². The van der Waals surface area contributed by atoms with E-state index in [4.69, 9.17) is 0 Å². The highest BCUT2D eigenvalue weighted by Crippen LogP contribution is 2.60. The molecule has 1 N–H and O–H groups in total.